The number of aromatic hydroxyl groups is 1. The molecule has 2 bridgehead atoms. The van der Waals surface area contributed by atoms with Crippen LogP contribution in [0.1, 0.15) is 56.7 Å². The van der Waals surface area contributed by atoms with Gasteiger partial charge in [0.2, 0.25) is 10.0 Å². The Morgan fingerprint density at radius 3 is 2.64 bits per heavy atom. The number of piperidine rings is 1. The van der Waals surface area contributed by atoms with Crippen LogP contribution in [0.15, 0.2) is 42.5 Å². The number of phenolic OH excluding ortho intramolecular Hbond substituents is 1. The van der Waals surface area contributed by atoms with E-state index in [2.05, 4.69) is 11.9 Å². The molecule has 2 aromatic rings. The minimum absolute atomic E-state index is 0.0490. The lowest BCUT2D eigenvalue weighted by Crippen LogP contribution is -2.79. The molecule has 1 N–H and O–H groups in total. The molecule has 0 unspecified atom stereocenters. The topological polar surface area (TPSA) is 96.4 Å². The first kappa shape index (κ1) is 26.6. The Balaban J connectivity index is 1.52. The summed E-state index contributed by atoms with van der Waals surface area (Å²) in [6, 6.07) is 12.4. The SMILES string of the molecule is CC(=O)O[C@@]12CC[C@H](N(CC(C)C)S(=O)(=O)Cc3ccccc3)[C@@H]3Oc4c(O)ccc5c4[C@@]31CCN(C)[C@@H]2C5. The van der Waals surface area contributed by atoms with E-state index in [4.69, 9.17) is 9.47 Å². The molecular weight excluding hydrogens is 516 g/mol. The molecule has 1 saturated carbocycles. The zero-order valence-corrected chi connectivity index (χ0v) is 23.9. The molecule has 210 valence electrons. The van der Waals surface area contributed by atoms with Crippen LogP contribution < -0.4 is 4.74 Å². The standard InChI is InChI=1S/C30H38N2O6S/c1-19(2)17-32(39(35,36)18-21-8-6-5-7-9-21)23-12-13-30(38-20(3)33)25-16-22-10-11-24(34)27-26(22)29(30,28(23)37-27)14-15-31(25)4/h5-11,19,23,25,28,34H,12-18H2,1-4H3/t23-,25+,28-,29-,30+/m0/s1. The van der Waals surface area contributed by atoms with Gasteiger partial charge in [-0.05, 0) is 62.4 Å². The second-order valence-electron chi connectivity index (χ2n) is 12.2. The van der Waals surface area contributed by atoms with Crippen molar-refractivity contribution in [2.45, 2.75) is 81.4 Å². The van der Waals surface area contributed by atoms with Crippen molar-refractivity contribution in [3.05, 3.63) is 59.2 Å². The molecule has 0 amide bonds. The number of likely N-dealkylation sites (tertiary alicyclic amines) is 1. The number of rotatable bonds is 7. The maximum absolute atomic E-state index is 14.1. The Morgan fingerprint density at radius 1 is 1.21 bits per heavy atom. The first-order valence-corrected chi connectivity index (χ1v) is 15.6. The van der Waals surface area contributed by atoms with Crippen molar-refractivity contribution in [2.75, 3.05) is 20.1 Å². The van der Waals surface area contributed by atoms with E-state index in [1.165, 1.54) is 6.92 Å². The summed E-state index contributed by atoms with van der Waals surface area (Å²) in [6.45, 7) is 6.61. The van der Waals surface area contributed by atoms with Gasteiger partial charge in [0, 0.05) is 19.0 Å². The van der Waals surface area contributed by atoms with Gasteiger partial charge in [-0.15, -0.1) is 0 Å². The van der Waals surface area contributed by atoms with E-state index in [9.17, 15) is 18.3 Å². The van der Waals surface area contributed by atoms with Crippen LogP contribution in [0, 0.1) is 5.92 Å². The van der Waals surface area contributed by atoms with Crippen molar-refractivity contribution in [2.24, 2.45) is 5.92 Å². The smallest absolute Gasteiger partial charge is 0.303 e. The quantitative estimate of drug-likeness (QED) is 0.523. The highest BCUT2D eigenvalue weighted by molar-refractivity contribution is 7.88. The van der Waals surface area contributed by atoms with Gasteiger partial charge in [-0.1, -0.05) is 50.2 Å². The third-order valence-electron chi connectivity index (χ3n) is 9.45. The van der Waals surface area contributed by atoms with E-state index in [1.807, 2.05) is 50.2 Å². The van der Waals surface area contributed by atoms with Crippen LogP contribution in [0.4, 0.5) is 0 Å². The molecule has 8 nitrogen and oxygen atoms in total. The highest BCUT2D eigenvalue weighted by Crippen LogP contribution is 2.67. The summed E-state index contributed by atoms with van der Waals surface area (Å²) >= 11 is 0. The fourth-order valence-electron chi connectivity index (χ4n) is 8.14. The van der Waals surface area contributed by atoms with Crippen molar-refractivity contribution >= 4 is 16.0 Å². The second kappa shape index (κ2) is 9.21. The Morgan fingerprint density at radius 2 is 1.95 bits per heavy atom. The van der Waals surface area contributed by atoms with Crippen LogP contribution in [0.25, 0.3) is 0 Å². The van der Waals surface area contributed by atoms with Crippen molar-refractivity contribution in [1.82, 2.24) is 9.21 Å². The molecule has 5 atom stereocenters. The minimum atomic E-state index is -3.73. The number of ether oxygens (including phenoxy) is 2. The van der Waals surface area contributed by atoms with Gasteiger partial charge in [0.15, 0.2) is 11.5 Å². The Bertz CT molecular complexity index is 1400. The molecular formula is C30H38N2O6S. The fourth-order valence-corrected chi connectivity index (χ4v) is 10.1. The monoisotopic (exact) mass is 554 g/mol. The van der Waals surface area contributed by atoms with Gasteiger partial charge in [-0.3, -0.25) is 9.69 Å². The zero-order valence-electron chi connectivity index (χ0n) is 23.1. The average Bonchev–Trinajstić information content (AvgIpc) is 3.22. The predicted octanol–water partition coefficient (Wildman–Crippen LogP) is 3.60. The van der Waals surface area contributed by atoms with E-state index >= 15 is 0 Å². The number of phenols is 1. The summed E-state index contributed by atoms with van der Waals surface area (Å²) in [5, 5.41) is 11.0. The molecule has 2 heterocycles. The number of hydrogen-bond donors (Lipinski definition) is 1. The third kappa shape index (κ3) is 3.84. The molecule has 1 saturated heterocycles. The predicted molar refractivity (Wildman–Crippen MR) is 147 cm³/mol. The van der Waals surface area contributed by atoms with Crippen molar-refractivity contribution in [3.8, 4) is 11.5 Å². The van der Waals surface area contributed by atoms with E-state index in [0.29, 0.717) is 38.0 Å². The maximum atomic E-state index is 14.1. The summed E-state index contributed by atoms with van der Waals surface area (Å²) in [7, 11) is -1.66. The number of benzene rings is 2. The van der Waals surface area contributed by atoms with Gasteiger partial charge in [0.05, 0.1) is 23.3 Å². The van der Waals surface area contributed by atoms with Gasteiger partial charge in [-0.2, -0.15) is 4.31 Å². The molecule has 39 heavy (non-hydrogen) atoms. The lowest BCUT2D eigenvalue weighted by Gasteiger charge is -2.65. The number of likely N-dealkylation sites (N-methyl/N-ethyl adjacent to an activating group) is 1. The van der Waals surface area contributed by atoms with Crippen LogP contribution in [0.5, 0.6) is 11.5 Å². The molecule has 1 spiro atoms. The molecule has 0 aromatic heterocycles. The van der Waals surface area contributed by atoms with Gasteiger partial charge in [0.25, 0.3) is 0 Å². The molecule has 2 aliphatic heterocycles. The maximum Gasteiger partial charge on any atom is 0.303 e. The molecule has 0 radical (unpaired) electrons. The highest BCUT2D eigenvalue weighted by atomic mass is 32.2. The average molecular weight is 555 g/mol. The fraction of sp³-hybridized carbons (Fsp3) is 0.567. The number of carbonyl (C=O) groups is 1. The summed E-state index contributed by atoms with van der Waals surface area (Å²) in [5.41, 5.74) is 1.10. The number of esters is 1. The summed E-state index contributed by atoms with van der Waals surface area (Å²) < 4.78 is 43.0. The number of hydrogen-bond acceptors (Lipinski definition) is 7. The van der Waals surface area contributed by atoms with Crippen LogP contribution in [0.3, 0.4) is 0 Å². The van der Waals surface area contributed by atoms with E-state index < -0.39 is 33.2 Å². The summed E-state index contributed by atoms with van der Waals surface area (Å²) in [4.78, 5) is 15.0. The van der Waals surface area contributed by atoms with Crippen LogP contribution in [-0.4, -0.2) is 72.6 Å². The van der Waals surface area contributed by atoms with Gasteiger partial charge >= 0.3 is 5.97 Å². The van der Waals surface area contributed by atoms with Gasteiger partial charge < -0.3 is 14.6 Å². The molecule has 4 aliphatic rings. The molecule has 2 aliphatic carbocycles. The third-order valence-corrected chi connectivity index (χ3v) is 11.3. The van der Waals surface area contributed by atoms with Crippen LogP contribution in [0.2, 0.25) is 0 Å². The van der Waals surface area contributed by atoms with E-state index in [1.54, 1.807) is 10.4 Å². The van der Waals surface area contributed by atoms with Crippen LogP contribution in [-0.2, 0) is 37.1 Å². The normalized spacial score (nSPS) is 31.2. The van der Waals surface area contributed by atoms with E-state index in [0.717, 1.165) is 23.2 Å². The number of sulfonamides is 1. The van der Waals surface area contributed by atoms with Gasteiger partial charge in [-0.25, -0.2) is 8.42 Å². The lowest BCUT2D eigenvalue weighted by atomic mass is 9.48. The molecule has 2 aromatic carbocycles. The summed E-state index contributed by atoms with van der Waals surface area (Å²) in [5.74, 6) is 0.125. The lowest BCUT2D eigenvalue weighted by molar-refractivity contribution is -0.219. The molecule has 6 rings (SSSR count). The van der Waals surface area contributed by atoms with Crippen molar-refractivity contribution < 1.29 is 27.8 Å². The molecule has 2 fully saturated rings. The van der Waals surface area contributed by atoms with Crippen molar-refractivity contribution in [1.29, 1.82) is 0 Å². The first-order valence-electron chi connectivity index (χ1n) is 14.0. The van der Waals surface area contributed by atoms with Crippen LogP contribution >= 0.6 is 0 Å². The Hall–Kier alpha value is -2.62. The molecule has 9 heteroatoms. The van der Waals surface area contributed by atoms with Gasteiger partial charge in [0.1, 0.15) is 11.7 Å². The number of nitrogens with zero attached hydrogens (tertiary/aromatic N) is 2. The Labute approximate surface area is 230 Å². The largest absolute Gasteiger partial charge is 0.504 e. The van der Waals surface area contributed by atoms with Crippen molar-refractivity contribution in [3.63, 3.8) is 0 Å². The highest BCUT2D eigenvalue weighted by Gasteiger charge is 2.75. The second-order valence-corrected chi connectivity index (χ2v) is 14.1. The number of carbonyl (C=O) groups excluding carboxylic acids is 1. The summed E-state index contributed by atoms with van der Waals surface area (Å²) in [6.07, 6.45) is 1.75. The Kier molecular flexibility index (Phi) is 6.28. The first-order chi connectivity index (χ1) is 18.5. The minimum Gasteiger partial charge on any atom is -0.504 e. The van der Waals surface area contributed by atoms with E-state index in [-0.39, 0.29) is 29.4 Å². The zero-order chi connectivity index (χ0) is 27.7.